The molecule has 2 aromatic rings. The third-order valence-electron chi connectivity index (χ3n) is 2.30. The zero-order valence-corrected chi connectivity index (χ0v) is 8.24. The van der Waals surface area contributed by atoms with Gasteiger partial charge in [-0.25, -0.2) is 0 Å². The van der Waals surface area contributed by atoms with Gasteiger partial charge in [-0.05, 0) is 31.2 Å². The Balaban J connectivity index is 2.54. The Morgan fingerprint density at radius 1 is 1.36 bits per heavy atom. The summed E-state index contributed by atoms with van der Waals surface area (Å²) in [5.74, 6) is 0.827. The van der Waals surface area contributed by atoms with Gasteiger partial charge in [-0.3, -0.25) is 0 Å². The van der Waals surface area contributed by atoms with E-state index < -0.39 is 6.10 Å². The van der Waals surface area contributed by atoms with Gasteiger partial charge in [0.1, 0.15) is 5.75 Å². The second-order valence-electron chi connectivity index (χ2n) is 3.35. The molecule has 1 aromatic heterocycles. The van der Waals surface area contributed by atoms with E-state index in [-0.39, 0.29) is 0 Å². The van der Waals surface area contributed by atoms with Gasteiger partial charge in [0.05, 0.1) is 13.2 Å². The average molecular weight is 191 g/mol. The summed E-state index contributed by atoms with van der Waals surface area (Å²) < 4.78 is 5.12. The van der Waals surface area contributed by atoms with Crippen LogP contribution >= 0.6 is 0 Å². The smallest absolute Gasteiger partial charge is 0.119 e. The van der Waals surface area contributed by atoms with Crippen LogP contribution in [0.2, 0.25) is 0 Å². The van der Waals surface area contributed by atoms with Crippen LogP contribution in [0, 0.1) is 0 Å². The molecule has 0 bridgehead atoms. The van der Waals surface area contributed by atoms with Crippen molar-refractivity contribution < 1.29 is 9.84 Å². The van der Waals surface area contributed by atoms with Crippen LogP contribution in [-0.2, 0) is 0 Å². The first-order valence-electron chi connectivity index (χ1n) is 4.55. The lowest BCUT2D eigenvalue weighted by Gasteiger charge is -1.97. The van der Waals surface area contributed by atoms with Crippen molar-refractivity contribution in [3.05, 3.63) is 30.0 Å². The Hall–Kier alpha value is -1.48. The van der Waals surface area contributed by atoms with E-state index in [9.17, 15) is 5.11 Å². The summed E-state index contributed by atoms with van der Waals surface area (Å²) in [6.45, 7) is 1.74. The molecule has 0 aliphatic carbocycles. The molecule has 2 rings (SSSR count). The van der Waals surface area contributed by atoms with Crippen LogP contribution in [-0.4, -0.2) is 17.2 Å². The molecule has 14 heavy (non-hydrogen) atoms. The van der Waals surface area contributed by atoms with Crippen molar-refractivity contribution in [1.82, 2.24) is 4.98 Å². The van der Waals surface area contributed by atoms with E-state index in [0.29, 0.717) is 0 Å². The Bertz CT molecular complexity index is 445. The number of fused-ring (bicyclic) bond motifs is 1. The molecule has 74 valence electrons. The van der Waals surface area contributed by atoms with Crippen molar-refractivity contribution in [3.8, 4) is 5.75 Å². The molecule has 0 radical (unpaired) electrons. The first-order valence-corrected chi connectivity index (χ1v) is 4.55. The van der Waals surface area contributed by atoms with Crippen molar-refractivity contribution in [2.45, 2.75) is 13.0 Å². The number of hydrogen-bond acceptors (Lipinski definition) is 2. The highest BCUT2D eigenvalue weighted by atomic mass is 16.5. The number of aliphatic hydroxyl groups excluding tert-OH is 1. The lowest BCUT2D eigenvalue weighted by molar-refractivity contribution is 0.195. The van der Waals surface area contributed by atoms with Crippen LogP contribution in [0.25, 0.3) is 10.9 Å². The first-order chi connectivity index (χ1) is 6.70. The molecule has 0 fully saturated rings. The minimum Gasteiger partial charge on any atom is -0.497 e. The van der Waals surface area contributed by atoms with Crippen LogP contribution in [0.4, 0.5) is 0 Å². The summed E-state index contributed by atoms with van der Waals surface area (Å²) in [7, 11) is 1.64. The van der Waals surface area contributed by atoms with E-state index in [1.807, 2.05) is 24.3 Å². The molecule has 1 aromatic carbocycles. The molecular formula is C11H13NO2. The van der Waals surface area contributed by atoms with Gasteiger partial charge in [-0.1, -0.05) is 0 Å². The summed E-state index contributed by atoms with van der Waals surface area (Å²) in [5, 5.41) is 10.4. The fourth-order valence-electron chi connectivity index (χ4n) is 1.49. The highest BCUT2D eigenvalue weighted by Gasteiger charge is 2.05. The SMILES string of the molecule is COc1ccc2[nH]c(C(C)O)cc2c1. The van der Waals surface area contributed by atoms with Crippen LogP contribution in [0.3, 0.4) is 0 Å². The number of aromatic amines is 1. The molecule has 0 saturated carbocycles. The molecule has 1 atom stereocenters. The van der Waals surface area contributed by atoms with Gasteiger partial charge in [0.25, 0.3) is 0 Å². The zero-order chi connectivity index (χ0) is 10.1. The molecule has 0 spiro atoms. The summed E-state index contributed by atoms with van der Waals surface area (Å²) in [5.41, 5.74) is 1.84. The Kier molecular flexibility index (Phi) is 2.17. The molecule has 1 unspecified atom stereocenters. The van der Waals surface area contributed by atoms with Gasteiger partial charge in [-0.2, -0.15) is 0 Å². The summed E-state index contributed by atoms with van der Waals surface area (Å²) in [6, 6.07) is 7.71. The number of hydrogen-bond donors (Lipinski definition) is 2. The fourth-order valence-corrected chi connectivity index (χ4v) is 1.49. The topological polar surface area (TPSA) is 45.2 Å². The Labute approximate surface area is 82.3 Å². The number of ether oxygens (including phenoxy) is 1. The van der Waals surface area contributed by atoms with Crippen LogP contribution in [0.15, 0.2) is 24.3 Å². The molecule has 0 aliphatic heterocycles. The summed E-state index contributed by atoms with van der Waals surface area (Å²) >= 11 is 0. The van der Waals surface area contributed by atoms with E-state index in [1.165, 1.54) is 0 Å². The van der Waals surface area contributed by atoms with Crippen LogP contribution < -0.4 is 4.74 Å². The Morgan fingerprint density at radius 3 is 2.79 bits per heavy atom. The zero-order valence-electron chi connectivity index (χ0n) is 8.24. The maximum atomic E-state index is 9.39. The second kappa shape index (κ2) is 3.35. The van der Waals surface area contributed by atoms with Crippen molar-refractivity contribution in [2.75, 3.05) is 7.11 Å². The van der Waals surface area contributed by atoms with E-state index in [0.717, 1.165) is 22.3 Å². The third kappa shape index (κ3) is 1.46. The maximum Gasteiger partial charge on any atom is 0.119 e. The van der Waals surface area contributed by atoms with E-state index in [4.69, 9.17) is 4.74 Å². The van der Waals surface area contributed by atoms with Crippen molar-refractivity contribution in [1.29, 1.82) is 0 Å². The van der Waals surface area contributed by atoms with Crippen molar-refractivity contribution in [2.24, 2.45) is 0 Å². The number of aliphatic hydroxyl groups is 1. The normalized spacial score (nSPS) is 13.1. The standard InChI is InChI=1S/C11H13NO2/c1-7(13)11-6-8-5-9(14-2)3-4-10(8)12-11/h3-7,12-13H,1-2H3. The molecule has 0 aliphatic rings. The van der Waals surface area contributed by atoms with E-state index >= 15 is 0 Å². The lowest BCUT2D eigenvalue weighted by Crippen LogP contribution is -1.88. The minimum absolute atomic E-state index is 0.464. The molecular weight excluding hydrogens is 178 g/mol. The summed E-state index contributed by atoms with van der Waals surface area (Å²) in [6.07, 6.45) is -0.464. The highest BCUT2D eigenvalue weighted by Crippen LogP contribution is 2.23. The molecule has 3 heteroatoms. The third-order valence-corrected chi connectivity index (χ3v) is 2.30. The average Bonchev–Trinajstić information content (AvgIpc) is 2.59. The van der Waals surface area contributed by atoms with Crippen LogP contribution in [0.1, 0.15) is 18.7 Å². The number of benzene rings is 1. The summed E-state index contributed by atoms with van der Waals surface area (Å²) in [4.78, 5) is 3.14. The lowest BCUT2D eigenvalue weighted by atomic mass is 10.2. The van der Waals surface area contributed by atoms with Gasteiger partial charge < -0.3 is 14.8 Å². The number of nitrogens with one attached hydrogen (secondary N) is 1. The number of aromatic nitrogens is 1. The molecule has 0 saturated heterocycles. The first kappa shape index (κ1) is 9.09. The Morgan fingerprint density at radius 2 is 2.14 bits per heavy atom. The fraction of sp³-hybridized carbons (Fsp3) is 0.273. The molecule has 1 heterocycles. The van der Waals surface area contributed by atoms with Crippen LogP contribution in [0.5, 0.6) is 5.75 Å². The molecule has 2 N–H and O–H groups in total. The highest BCUT2D eigenvalue weighted by molar-refractivity contribution is 5.82. The number of rotatable bonds is 2. The van der Waals surface area contributed by atoms with E-state index in [2.05, 4.69) is 4.98 Å². The van der Waals surface area contributed by atoms with Gasteiger partial charge in [-0.15, -0.1) is 0 Å². The quantitative estimate of drug-likeness (QED) is 0.764. The van der Waals surface area contributed by atoms with Gasteiger partial charge in [0.15, 0.2) is 0 Å². The maximum absolute atomic E-state index is 9.39. The minimum atomic E-state index is -0.464. The predicted molar refractivity (Wildman–Crippen MR) is 55.5 cm³/mol. The van der Waals surface area contributed by atoms with Gasteiger partial charge >= 0.3 is 0 Å². The molecule has 0 amide bonds. The van der Waals surface area contributed by atoms with Gasteiger partial charge in [0.2, 0.25) is 0 Å². The van der Waals surface area contributed by atoms with Crippen molar-refractivity contribution >= 4 is 10.9 Å². The largest absolute Gasteiger partial charge is 0.497 e. The monoisotopic (exact) mass is 191 g/mol. The second-order valence-corrected chi connectivity index (χ2v) is 3.35. The number of methoxy groups -OCH3 is 1. The molecule has 3 nitrogen and oxygen atoms in total. The predicted octanol–water partition coefficient (Wildman–Crippen LogP) is 2.23. The van der Waals surface area contributed by atoms with Crippen molar-refractivity contribution in [3.63, 3.8) is 0 Å². The van der Waals surface area contributed by atoms with Gasteiger partial charge in [0, 0.05) is 16.6 Å². The van der Waals surface area contributed by atoms with E-state index in [1.54, 1.807) is 14.0 Å². The number of H-pyrrole nitrogens is 1.